The summed E-state index contributed by atoms with van der Waals surface area (Å²) in [6.07, 6.45) is -3.81. The van der Waals surface area contributed by atoms with Crippen molar-refractivity contribution in [3.05, 3.63) is 29.8 Å². The molecule has 0 saturated carbocycles. The van der Waals surface area contributed by atoms with Crippen LogP contribution in [0.1, 0.15) is 37.4 Å². The number of hydrogen-bond donors (Lipinski definition) is 1. The van der Waals surface area contributed by atoms with Gasteiger partial charge in [-0.3, -0.25) is 0 Å². The number of aliphatic hydroxyl groups excluding tert-OH is 1. The van der Waals surface area contributed by atoms with Gasteiger partial charge in [-0.2, -0.15) is 13.2 Å². The smallest absolute Gasteiger partial charge is 0.388 e. The Morgan fingerprint density at radius 3 is 2.74 bits per heavy atom. The van der Waals surface area contributed by atoms with E-state index in [4.69, 9.17) is 0 Å². The van der Waals surface area contributed by atoms with E-state index in [1.54, 1.807) is 0 Å². The summed E-state index contributed by atoms with van der Waals surface area (Å²) in [5.74, 6) is 0. The summed E-state index contributed by atoms with van der Waals surface area (Å²) in [4.78, 5) is 1.96. The molecule has 0 spiro atoms. The third-order valence-corrected chi connectivity index (χ3v) is 3.43. The molecule has 0 bridgehead atoms. The first-order valence-electron chi connectivity index (χ1n) is 6.56. The molecule has 1 aliphatic heterocycles. The van der Waals surface area contributed by atoms with E-state index in [2.05, 4.69) is 0 Å². The molecule has 1 heterocycles. The third kappa shape index (κ3) is 3.86. The summed E-state index contributed by atoms with van der Waals surface area (Å²) >= 11 is 0. The summed E-state index contributed by atoms with van der Waals surface area (Å²) < 4.78 is 36.6. The molecule has 0 radical (unpaired) electrons. The first kappa shape index (κ1) is 14.2. The van der Waals surface area contributed by atoms with E-state index in [-0.39, 0.29) is 6.42 Å². The summed E-state index contributed by atoms with van der Waals surface area (Å²) in [5, 5.41) is 10.0. The molecule has 2 rings (SSSR count). The first-order valence-corrected chi connectivity index (χ1v) is 6.56. The monoisotopic (exact) mass is 273 g/mol. The molecule has 1 aromatic rings. The minimum absolute atomic E-state index is 0.0912. The standard InChI is InChI=1S/C14H18F3NO/c15-14(16,17)8-4-10-18-9-3-7-13(19)11-5-1-2-6-12(11)18/h1-2,5-6,13,19H,3-4,7-10H2. The molecule has 5 heteroatoms. The van der Waals surface area contributed by atoms with Crippen LogP contribution in [0.2, 0.25) is 0 Å². The van der Waals surface area contributed by atoms with Gasteiger partial charge in [-0.15, -0.1) is 0 Å². The van der Waals surface area contributed by atoms with Crippen molar-refractivity contribution in [2.45, 2.75) is 38.0 Å². The second kappa shape index (κ2) is 5.82. The zero-order valence-electron chi connectivity index (χ0n) is 10.7. The van der Waals surface area contributed by atoms with Gasteiger partial charge in [-0.05, 0) is 25.3 Å². The Hall–Kier alpha value is -1.23. The Labute approximate surface area is 110 Å². The molecule has 1 unspecified atom stereocenters. The van der Waals surface area contributed by atoms with Crippen LogP contribution < -0.4 is 4.90 Å². The molecule has 0 amide bonds. The molecule has 106 valence electrons. The van der Waals surface area contributed by atoms with E-state index in [1.807, 2.05) is 29.2 Å². The average Bonchev–Trinajstić information content (AvgIpc) is 2.49. The lowest BCUT2D eigenvalue weighted by Gasteiger charge is -2.25. The van der Waals surface area contributed by atoms with Crippen molar-refractivity contribution in [3.8, 4) is 0 Å². The predicted octanol–water partition coefficient (Wildman–Crippen LogP) is 3.66. The topological polar surface area (TPSA) is 23.5 Å². The third-order valence-electron chi connectivity index (χ3n) is 3.43. The van der Waals surface area contributed by atoms with Crippen LogP contribution in [0.25, 0.3) is 0 Å². The lowest BCUT2D eigenvalue weighted by Crippen LogP contribution is -2.26. The lowest BCUT2D eigenvalue weighted by molar-refractivity contribution is -0.135. The predicted molar refractivity (Wildman–Crippen MR) is 68.1 cm³/mol. The Morgan fingerprint density at radius 1 is 1.26 bits per heavy atom. The van der Waals surface area contributed by atoms with Crippen LogP contribution in [0.5, 0.6) is 0 Å². The Morgan fingerprint density at radius 2 is 2.00 bits per heavy atom. The van der Waals surface area contributed by atoms with Crippen LogP contribution in [-0.2, 0) is 0 Å². The van der Waals surface area contributed by atoms with E-state index >= 15 is 0 Å². The van der Waals surface area contributed by atoms with E-state index in [9.17, 15) is 18.3 Å². The Bertz CT molecular complexity index is 419. The number of hydrogen-bond acceptors (Lipinski definition) is 2. The number of aliphatic hydroxyl groups is 1. The number of anilines is 1. The van der Waals surface area contributed by atoms with Gasteiger partial charge in [0.1, 0.15) is 0 Å². The molecular formula is C14H18F3NO. The fourth-order valence-electron chi connectivity index (χ4n) is 2.51. The Balaban J connectivity index is 2.06. The first-order chi connectivity index (χ1) is 8.97. The van der Waals surface area contributed by atoms with Crippen molar-refractivity contribution in [1.29, 1.82) is 0 Å². The molecule has 19 heavy (non-hydrogen) atoms. The number of benzene rings is 1. The zero-order chi connectivity index (χ0) is 13.9. The number of alkyl halides is 3. The average molecular weight is 273 g/mol. The highest BCUT2D eigenvalue weighted by Crippen LogP contribution is 2.33. The van der Waals surface area contributed by atoms with Crippen LogP contribution in [0.4, 0.5) is 18.9 Å². The molecular weight excluding hydrogens is 255 g/mol. The summed E-state index contributed by atoms with van der Waals surface area (Å²) in [7, 11) is 0. The Kier molecular flexibility index (Phi) is 4.34. The summed E-state index contributed by atoms with van der Waals surface area (Å²) in [6, 6.07) is 7.43. The molecule has 1 N–H and O–H groups in total. The number of fused-ring (bicyclic) bond motifs is 1. The van der Waals surface area contributed by atoms with Crippen LogP contribution in [0.15, 0.2) is 24.3 Å². The fraction of sp³-hybridized carbons (Fsp3) is 0.571. The van der Waals surface area contributed by atoms with Crippen molar-refractivity contribution in [2.24, 2.45) is 0 Å². The molecule has 2 nitrogen and oxygen atoms in total. The molecule has 0 fully saturated rings. The van der Waals surface area contributed by atoms with Gasteiger partial charge in [0.05, 0.1) is 6.10 Å². The molecule has 0 aromatic heterocycles. The van der Waals surface area contributed by atoms with Gasteiger partial charge in [0.15, 0.2) is 0 Å². The minimum Gasteiger partial charge on any atom is -0.388 e. The highest BCUT2D eigenvalue weighted by Gasteiger charge is 2.27. The second-order valence-electron chi connectivity index (χ2n) is 4.92. The van der Waals surface area contributed by atoms with Gasteiger partial charge in [-0.25, -0.2) is 0 Å². The quantitative estimate of drug-likeness (QED) is 0.908. The van der Waals surface area contributed by atoms with Gasteiger partial charge in [0, 0.05) is 30.8 Å². The molecule has 0 saturated heterocycles. The van der Waals surface area contributed by atoms with Crippen molar-refractivity contribution in [3.63, 3.8) is 0 Å². The number of halogens is 3. The van der Waals surface area contributed by atoms with E-state index < -0.39 is 18.7 Å². The summed E-state index contributed by atoms with van der Waals surface area (Å²) in [5.41, 5.74) is 1.70. The van der Waals surface area contributed by atoms with Crippen LogP contribution in [-0.4, -0.2) is 24.4 Å². The number of nitrogens with zero attached hydrogens (tertiary/aromatic N) is 1. The van der Waals surface area contributed by atoms with Crippen molar-refractivity contribution in [1.82, 2.24) is 0 Å². The maximum absolute atomic E-state index is 12.2. The van der Waals surface area contributed by atoms with Crippen molar-refractivity contribution in [2.75, 3.05) is 18.0 Å². The largest absolute Gasteiger partial charge is 0.389 e. The minimum atomic E-state index is -4.09. The number of para-hydroxylation sites is 1. The van der Waals surface area contributed by atoms with Gasteiger partial charge >= 0.3 is 6.18 Å². The van der Waals surface area contributed by atoms with Gasteiger partial charge in [0.2, 0.25) is 0 Å². The van der Waals surface area contributed by atoms with E-state index in [0.29, 0.717) is 19.5 Å². The number of rotatable bonds is 3. The summed E-state index contributed by atoms with van der Waals surface area (Å²) in [6.45, 7) is 1.08. The molecule has 1 aliphatic rings. The lowest BCUT2D eigenvalue weighted by atomic mass is 10.0. The van der Waals surface area contributed by atoms with Gasteiger partial charge in [0.25, 0.3) is 0 Å². The molecule has 1 atom stereocenters. The molecule has 0 aliphatic carbocycles. The van der Waals surface area contributed by atoms with Crippen molar-refractivity contribution >= 4 is 5.69 Å². The van der Waals surface area contributed by atoms with Gasteiger partial charge < -0.3 is 10.0 Å². The second-order valence-corrected chi connectivity index (χ2v) is 4.92. The zero-order valence-corrected chi connectivity index (χ0v) is 10.7. The molecule has 1 aromatic carbocycles. The maximum Gasteiger partial charge on any atom is 0.389 e. The van der Waals surface area contributed by atoms with E-state index in [1.165, 1.54) is 0 Å². The normalized spacial score (nSPS) is 20.0. The SMILES string of the molecule is OC1CCCN(CCCC(F)(F)F)c2ccccc21. The van der Waals surface area contributed by atoms with Crippen molar-refractivity contribution < 1.29 is 18.3 Å². The maximum atomic E-state index is 12.2. The van der Waals surface area contributed by atoms with E-state index in [0.717, 1.165) is 17.7 Å². The highest BCUT2D eigenvalue weighted by atomic mass is 19.4. The van der Waals surface area contributed by atoms with Crippen LogP contribution >= 0.6 is 0 Å². The van der Waals surface area contributed by atoms with Crippen LogP contribution in [0.3, 0.4) is 0 Å². The van der Waals surface area contributed by atoms with Gasteiger partial charge in [-0.1, -0.05) is 18.2 Å². The highest BCUT2D eigenvalue weighted by molar-refractivity contribution is 5.55. The van der Waals surface area contributed by atoms with Crippen LogP contribution in [0, 0.1) is 0 Å². The fourth-order valence-corrected chi connectivity index (χ4v) is 2.51.